The van der Waals surface area contributed by atoms with Gasteiger partial charge in [0.15, 0.2) is 0 Å². The van der Waals surface area contributed by atoms with Gasteiger partial charge in [0.05, 0.1) is 5.92 Å². The van der Waals surface area contributed by atoms with E-state index in [0.717, 1.165) is 23.0 Å². The van der Waals surface area contributed by atoms with Crippen LogP contribution in [0.4, 0.5) is 0 Å². The maximum atomic E-state index is 11.1. The number of nitrogens with zero attached hydrogens (tertiary/aromatic N) is 1. The summed E-state index contributed by atoms with van der Waals surface area (Å²) in [7, 11) is 0. The molecule has 1 aromatic heterocycles. The van der Waals surface area contributed by atoms with E-state index in [0.29, 0.717) is 6.42 Å². The molecule has 3 nitrogen and oxygen atoms in total. The normalized spacial score (nSPS) is 12.4. The van der Waals surface area contributed by atoms with E-state index in [9.17, 15) is 4.79 Å². The number of rotatable bonds is 5. The topological polar surface area (TPSA) is 42.2 Å². The van der Waals surface area contributed by atoms with Gasteiger partial charge in [0.2, 0.25) is 0 Å². The fourth-order valence-corrected chi connectivity index (χ4v) is 2.81. The predicted molar refractivity (Wildman–Crippen MR) is 88.0 cm³/mol. The first-order chi connectivity index (χ1) is 10.6. The highest BCUT2D eigenvalue weighted by molar-refractivity contribution is 5.84. The van der Waals surface area contributed by atoms with E-state index in [1.54, 1.807) is 6.92 Å². The zero-order chi connectivity index (χ0) is 15.5. The lowest BCUT2D eigenvalue weighted by atomic mass is 10.0. The van der Waals surface area contributed by atoms with Crippen LogP contribution in [0.15, 0.2) is 60.8 Å². The number of aromatic nitrogens is 1. The van der Waals surface area contributed by atoms with Gasteiger partial charge in [-0.3, -0.25) is 4.79 Å². The highest BCUT2D eigenvalue weighted by Crippen LogP contribution is 2.24. The molecule has 0 aliphatic heterocycles. The van der Waals surface area contributed by atoms with Crippen molar-refractivity contribution in [3.8, 4) is 0 Å². The van der Waals surface area contributed by atoms with Gasteiger partial charge in [0.25, 0.3) is 0 Å². The number of carbonyl (C=O) groups is 1. The van der Waals surface area contributed by atoms with E-state index < -0.39 is 5.97 Å². The summed E-state index contributed by atoms with van der Waals surface area (Å²) in [5.74, 6) is -1.13. The quantitative estimate of drug-likeness (QED) is 0.774. The summed E-state index contributed by atoms with van der Waals surface area (Å²) in [5, 5.41) is 10.3. The summed E-state index contributed by atoms with van der Waals surface area (Å²) in [6.45, 7) is 2.55. The van der Waals surface area contributed by atoms with Crippen LogP contribution in [0, 0.1) is 5.92 Å². The summed E-state index contributed by atoms with van der Waals surface area (Å²) in [5.41, 5.74) is 3.49. The first-order valence-electron chi connectivity index (χ1n) is 7.48. The van der Waals surface area contributed by atoms with Gasteiger partial charge in [-0.15, -0.1) is 0 Å². The molecule has 3 aromatic rings. The first-order valence-corrected chi connectivity index (χ1v) is 7.48. The number of hydrogen-bond acceptors (Lipinski definition) is 1. The second kappa shape index (κ2) is 6.06. The monoisotopic (exact) mass is 293 g/mol. The van der Waals surface area contributed by atoms with Crippen molar-refractivity contribution in [1.29, 1.82) is 0 Å². The lowest BCUT2D eigenvalue weighted by Gasteiger charge is -2.05. The molecule has 112 valence electrons. The second-order valence-electron chi connectivity index (χ2n) is 5.73. The van der Waals surface area contributed by atoms with Gasteiger partial charge in [0.1, 0.15) is 0 Å². The number of fused-ring (bicyclic) bond motifs is 1. The summed E-state index contributed by atoms with van der Waals surface area (Å²) < 4.78 is 2.20. The third-order valence-electron chi connectivity index (χ3n) is 4.01. The van der Waals surface area contributed by atoms with Crippen LogP contribution in [0.5, 0.6) is 0 Å². The van der Waals surface area contributed by atoms with Crippen LogP contribution in [-0.2, 0) is 17.8 Å². The predicted octanol–water partition coefficient (Wildman–Crippen LogP) is 3.95. The summed E-state index contributed by atoms with van der Waals surface area (Å²) in [6.07, 6.45) is 2.65. The van der Waals surface area contributed by atoms with Gasteiger partial charge in [-0.05, 0) is 23.6 Å². The molecule has 22 heavy (non-hydrogen) atoms. The van der Waals surface area contributed by atoms with Crippen molar-refractivity contribution in [2.75, 3.05) is 0 Å². The standard InChI is InChI=1S/C19H19NO2/c1-14(19(21)22)11-16-13-20(12-15-7-3-2-4-8-15)18-10-6-5-9-17(16)18/h2-10,13-14H,11-12H2,1H3,(H,21,22). The van der Waals surface area contributed by atoms with Crippen molar-refractivity contribution < 1.29 is 9.90 Å². The van der Waals surface area contributed by atoms with Crippen LogP contribution in [0.3, 0.4) is 0 Å². The average molecular weight is 293 g/mol. The van der Waals surface area contributed by atoms with Crippen LogP contribution in [-0.4, -0.2) is 15.6 Å². The van der Waals surface area contributed by atoms with E-state index in [4.69, 9.17) is 5.11 Å². The maximum Gasteiger partial charge on any atom is 0.306 e. The van der Waals surface area contributed by atoms with Crippen LogP contribution >= 0.6 is 0 Å². The van der Waals surface area contributed by atoms with E-state index in [1.165, 1.54) is 5.56 Å². The van der Waals surface area contributed by atoms with Crippen molar-refractivity contribution >= 4 is 16.9 Å². The molecule has 0 fully saturated rings. The lowest BCUT2D eigenvalue weighted by Crippen LogP contribution is -2.12. The van der Waals surface area contributed by atoms with Gasteiger partial charge < -0.3 is 9.67 Å². The Morgan fingerprint density at radius 1 is 1.09 bits per heavy atom. The number of hydrogen-bond donors (Lipinski definition) is 1. The fraction of sp³-hybridized carbons (Fsp3) is 0.211. The Bertz CT molecular complexity index is 790. The molecule has 0 aliphatic rings. The molecule has 0 amide bonds. The zero-order valence-electron chi connectivity index (χ0n) is 12.6. The summed E-state index contributed by atoms with van der Waals surface area (Å²) in [4.78, 5) is 11.1. The highest BCUT2D eigenvalue weighted by atomic mass is 16.4. The largest absolute Gasteiger partial charge is 0.481 e. The van der Waals surface area contributed by atoms with Crippen LogP contribution in [0.25, 0.3) is 10.9 Å². The van der Waals surface area contributed by atoms with Crippen LogP contribution in [0.2, 0.25) is 0 Å². The molecule has 0 spiro atoms. The Labute approximate surface area is 129 Å². The SMILES string of the molecule is CC(Cc1cn(Cc2ccccc2)c2ccccc12)C(=O)O. The van der Waals surface area contributed by atoms with Gasteiger partial charge in [-0.25, -0.2) is 0 Å². The molecule has 0 bridgehead atoms. The molecule has 1 atom stereocenters. The maximum absolute atomic E-state index is 11.1. The molecule has 1 unspecified atom stereocenters. The number of benzene rings is 2. The van der Waals surface area contributed by atoms with Gasteiger partial charge in [-0.2, -0.15) is 0 Å². The smallest absolute Gasteiger partial charge is 0.306 e. The molecular weight excluding hydrogens is 274 g/mol. The molecule has 3 heteroatoms. The Balaban J connectivity index is 1.99. The molecule has 1 heterocycles. The molecule has 0 saturated carbocycles. The van der Waals surface area contributed by atoms with E-state index in [2.05, 4.69) is 35.0 Å². The first kappa shape index (κ1) is 14.4. The van der Waals surface area contributed by atoms with Crippen molar-refractivity contribution in [3.05, 3.63) is 71.9 Å². The van der Waals surface area contributed by atoms with E-state index >= 15 is 0 Å². The van der Waals surface area contributed by atoms with Crippen LogP contribution < -0.4 is 0 Å². The minimum Gasteiger partial charge on any atom is -0.481 e. The Morgan fingerprint density at radius 3 is 2.50 bits per heavy atom. The van der Waals surface area contributed by atoms with E-state index in [1.807, 2.05) is 30.3 Å². The number of aliphatic carboxylic acids is 1. The Kier molecular flexibility index (Phi) is 3.96. The van der Waals surface area contributed by atoms with Crippen molar-refractivity contribution in [2.45, 2.75) is 19.9 Å². The molecule has 0 saturated heterocycles. The third-order valence-corrected chi connectivity index (χ3v) is 4.01. The Hall–Kier alpha value is -2.55. The van der Waals surface area contributed by atoms with Crippen LogP contribution in [0.1, 0.15) is 18.1 Å². The highest BCUT2D eigenvalue weighted by Gasteiger charge is 2.16. The molecule has 0 radical (unpaired) electrons. The number of carboxylic acids is 1. The Morgan fingerprint density at radius 2 is 1.77 bits per heavy atom. The molecule has 0 aliphatic carbocycles. The van der Waals surface area contributed by atoms with E-state index in [-0.39, 0.29) is 5.92 Å². The van der Waals surface area contributed by atoms with Crippen molar-refractivity contribution in [2.24, 2.45) is 5.92 Å². The fourth-order valence-electron chi connectivity index (χ4n) is 2.81. The third kappa shape index (κ3) is 2.89. The minimum absolute atomic E-state index is 0.379. The van der Waals surface area contributed by atoms with Gasteiger partial charge >= 0.3 is 5.97 Å². The second-order valence-corrected chi connectivity index (χ2v) is 5.73. The molecule has 2 aromatic carbocycles. The molecule has 1 N–H and O–H groups in total. The minimum atomic E-state index is -0.750. The van der Waals surface area contributed by atoms with Gasteiger partial charge in [0, 0.05) is 23.6 Å². The number of para-hydroxylation sites is 1. The lowest BCUT2D eigenvalue weighted by molar-refractivity contribution is -0.141. The summed E-state index contributed by atoms with van der Waals surface area (Å²) in [6, 6.07) is 18.5. The molecular formula is C19H19NO2. The summed E-state index contributed by atoms with van der Waals surface area (Å²) >= 11 is 0. The van der Waals surface area contributed by atoms with Gasteiger partial charge in [-0.1, -0.05) is 55.5 Å². The molecule has 3 rings (SSSR count). The zero-order valence-corrected chi connectivity index (χ0v) is 12.6. The average Bonchev–Trinajstić information content (AvgIpc) is 2.86. The number of carboxylic acid groups (broad SMARTS) is 1. The van der Waals surface area contributed by atoms with Crippen molar-refractivity contribution in [1.82, 2.24) is 4.57 Å². The van der Waals surface area contributed by atoms with Crippen molar-refractivity contribution in [3.63, 3.8) is 0 Å².